The molecule has 144 valence electrons. The summed E-state index contributed by atoms with van der Waals surface area (Å²) in [6, 6.07) is 15.0. The van der Waals surface area contributed by atoms with Crippen LogP contribution in [-0.4, -0.2) is 32.4 Å². The molecule has 0 spiro atoms. The molecule has 0 aliphatic carbocycles. The molecule has 0 saturated carbocycles. The number of amides is 3. The van der Waals surface area contributed by atoms with Gasteiger partial charge in [-0.3, -0.25) is 15.2 Å². The minimum atomic E-state index is -0.619. The smallest absolute Gasteiger partial charge is 0.321 e. The minimum absolute atomic E-state index is 0.272. The SMILES string of the molecule is C[C@H](Sc1n[nH]c(-c2ccccc2F)n1)C(=O)NC(=O)NCc1ccccc1. The van der Waals surface area contributed by atoms with Gasteiger partial charge >= 0.3 is 6.03 Å². The number of carbonyl (C=O) groups is 2. The maximum atomic E-state index is 13.8. The van der Waals surface area contributed by atoms with Gasteiger partial charge in [-0.2, -0.15) is 0 Å². The second-order valence-corrected chi connectivity index (χ2v) is 7.17. The molecule has 1 atom stereocenters. The molecule has 0 bridgehead atoms. The molecule has 2 aromatic carbocycles. The monoisotopic (exact) mass is 399 g/mol. The van der Waals surface area contributed by atoms with Crippen molar-refractivity contribution in [3.8, 4) is 11.4 Å². The number of nitrogens with one attached hydrogen (secondary N) is 3. The lowest BCUT2D eigenvalue weighted by atomic mass is 10.2. The molecule has 0 fully saturated rings. The molecule has 7 nitrogen and oxygen atoms in total. The van der Waals surface area contributed by atoms with Crippen LogP contribution >= 0.6 is 11.8 Å². The highest BCUT2D eigenvalue weighted by Gasteiger charge is 2.20. The van der Waals surface area contributed by atoms with Crippen molar-refractivity contribution in [2.75, 3.05) is 0 Å². The molecule has 3 amide bonds. The van der Waals surface area contributed by atoms with Crippen LogP contribution in [0.2, 0.25) is 0 Å². The van der Waals surface area contributed by atoms with Gasteiger partial charge in [-0.05, 0) is 24.6 Å². The maximum Gasteiger partial charge on any atom is 0.321 e. The molecule has 0 aliphatic heterocycles. The van der Waals surface area contributed by atoms with Crippen molar-refractivity contribution in [3.05, 3.63) is 66.0 Å². The molecule has 0 aliphatic rings. The first-order valence-electron chi connectivity index (χ1n) is 8.49. The molecule has 0 radical (unpaired) electrons. The van der Waals surface area contributed by atoms with E-state index in [9.17, 15) is 14.0 Å². The van der Waals surface area contributed by atoms with E-state index in [2.05, 4.69) is 25.8 Å². The van der Waals surface area contributed by atoms with Crippen LogP contribution in [0.4, 0.5) is 9.18 Å². The first-order valence-corrected chi connectivity index (χ1v) is 9.37. The predicted octanol–water partition coefficient (Wildman–Crippen LogP) is 3.12. The number of aromatic nitrogens is 3. The maximum absolute atomic E-state index is 13.8. The molecule has 1 aromatic heterocycles. The third-order valence-electron chi connectivity index (χ3n) is 3.78. The van der Waals surface area contributed by atoms with Crippen LogP contribution < -0.4 is 10.6 Å². The van der Waals surface area contributed by atoms with Crippen LogP contribution in [0, 0.1) is 5.82 Å². The molecule has 0 saturated heterocycles. The zero-order chi connectivity index (χ0) is 19.9. The van der Waals surface area contributed by atoms with Gasteiger partial charge in [0, 0.05) is 6.54 Å². The fraction of sp³-hybridized carbons (Fsp3) is 0.158. The van der Waals surface area contributed by atoms with Crippen molar-refractivity contribution in [1.82, 2.24) is 25.8 Å². The number of thioether (sulfide) groups is 1. The fourth-order valence-electron chi connectivity index (χ4n) is 2.32. The van der Waals surface area contributed by atoms with Crippen LogP contribution in [-0.2, 0) is 11.3 Å². The van der Waals surface area contributed by atoms with Gasteiger partial charge in [0.15, 0.2) is 5.82 Å². The summed E-state index contributed by atoms with van der Waals surface area (Å²) in [5.74, 6) is -0.627. The van der Waals surface area contributed by atoms with Crippen LogP contribution in [0.15, 0.2) is 59.8 Å². The van der Waals surface area contributed by atoms with Gasteiger partial charge in [-0.25, -0.2) is 14.2 Å². The Morgan fingerprint density at radius 3 is 2.61 bits per heavy atom. The topological polar surface area (TPSA) is 99.8 Å². The van der Waals surface area contributed by atoms with Crippen molar-refractivity contribution >= 4 is 23.7 Å². The number of carbonyl (C=O) groups excluding carboxylic acids is 2. The summed E-state index contributed by atoms with van der Waals surface area (Å²) in [5.41, 5.74) is 1.22. The van der Waals surface area contributed by atoms with Crippen molar-refractivity contribution in [2.24, 2.45) is 0 Å². The lowest BCUT2D eigenvalue weighted by molar-refractivity contribution is -0.119. The van der Waals surface area contributed by atoms with E-state index in [1.807, 2.05) is 30.3 Å². The number of benzene rings is 2. The molecule has 3 N–H and O–H groups in total. The highest BCUT2D eigenvalue weighted by atomic mass is 32.2. The average molecular weight is 399 g/mol. The quantitative estimate of drug-likeness (QED) is 0.553. The van der Waals surface area contributed by atoms with Gasteiger partial charge in [0.05, 0.1) is 10.8 Å². The summed E-state index contributed by atoms with van der Waals surface area (Å²) in [5, 5.41) is 11.2. The van der Waals surface area contributed by atoms with E-state index >= 15 is 0 Å². The molecular weight excluding hydrogens is 381 g/mol. The number of nitrogens with zero attached hydrogens (tertiary/aromatic N) is 2. The first kappa shape index (κ1) is 19.6. The van der Waals surface area contributed by atoms with E-state index in [1.54, 1.807) is 25.1 Å². The number of halogens is 1. The largest absolute Gasteiger partial charge is 0.334 e. The molecule has 3 aromatic rings. The molecule has 1 heterocycles. The number of H-pyrrole nitrogens is 1. The third kappa shape index (κ3) is 5.17. The number of hydrogen-bond donors (Lipinski definition) is 3. The Morgan fingerprint density at radius 1 is 1.14 bits per heavy atom. The van der Waals surface area contributed by atoms with Crippen LogP contribution in [0.25, 0.3) is 11.4 Å². The number of aromatic amines is 1. The summed E-state index contributed by atoms with van der Waals surface area (Å²) < 4.78 is 13.8. The van der Waals surface area contributed by atoms with Crippen LogP contribution in [0.3, 0.4) is 0 Å². The number of imide groups is 1. The van der Waals surface area contributed by atoms with Gasteiger partial charge < -0.3 is 5.32 Å². The number of rotatable bonds is 6. The van der Waals surface area contributed by atoms with E-state index in [0.29, 0.717) is 12.1 Å². The Hall–Kier alpha value is -3.20. The summed E-state index contributed by atoms with van der Waals surface area (Å²) in [6.07, 6.45) is 0. The molecule has 28 heavy (non-hydrogen) atoms. The highest BCUT2D eigenvalue weighted by Crippen LogP contribution is 2.24. The van der Waals surface area contributed by atoms with E-state index in [0.717, 1.165) is 17.3 Å². The van der Waals surface area contributed by atoms with Crippen LogP contribution in [0.5, 0.6) is 0 Å². The summed E-state index contributed by atoms with van der Waals surface area (Å²) >= 11 is 1.06. The lowest BCUT2D eigenvalue weighted by Crippen LogP contribution is -2.42. The highest BCUT2D eigenvalue weighted by molar-refractivity contribution is 8.00. The standard InChI is InChI=1S/C19H18FN5O2S/c1-12(17(26)23-18(27)21-11-13-7-3-2-4-8-13)28-19-22-16(24-25-19)14-9-5-6-10-15(14)20/h2-10,12H,11H2,1H3,(H,22,24,25)(H2,21,23,26,27)/t12-/m0/s1. The first-order chi connectivity index (χ1) is 13.5. The zero-order valence-corrected chi connectivity index (χ0v) is 15.8. The summed E-state index contributed by atoms with van der Waals surface area (Å²) in [4.78, 5) is 28.3. The minimum Gasteiger partial charge on any atom is -0.334 e. The predicted molar refractivity (Wildman–Crippen MR) is 104 cm³/mol. The van der Waals surface area contributed by atoms with Crippen molar-refractivity contribution in [2.45, 2.75) is 23.9 Å². The number of urea groups is 1. The lowest BCUT2D eigenvalue weighted by Gasteiger charge is -2.10. The van der Waals surface area contributed by atoms with Crippen molar-refractivity contribution < 1.29 is 14.0 Å². The Balaban J connectivity index is 1.51. The number of hydrogen-bond acceptors (Lipinski definition) is 5. The average Bonchev–Trinajstić information content (AvgIpc) is 3.15. The van der Waals surface area contributed by atoms with Gasteiger partial charge in [-0.1, -0.05) is 54.2 Å². The summed E-state index contributed by atoms with van der Waals surface area (Å²) in [6.45, 7) is 1.94. The van der Waals surface area contributed by atoms with Gasteiger partial charge in [-0.15, -0.1) is 5.10 Å². The molecule has 9 heteroatoms. The van der Waals surface area contributed by atoms with Crippen LogP contribution in [0.1, 0.15) is 12.5 Å². The van der Waals surface area contributed by atoms with Gasteiger partial charge in [0.2, 0.25) is 11.1 Å². The normalized spacial score (nSPS) is 11.6. The van der Waals surface area contributed by atoms with E-state index < -0.39 is 23.0 Å². The summed E-state index contributed by atoms with van der Waals surface area (Å²) in [7, 11) is 0. The van der Waals surface area contributed by atoms with Gasteiger partial charge in [0.25, 0.3) is 0 Å². The molecular formula is C19H18FN5O2S. The second-order valence-electron chi connectivity index (χ2n) is 5.86. The second kappa shape index (κ2) is 9.14. The fourth-order valence-corrected chi connectivity index (χ4v) is 3.04. The Bertz CT molecular complexity index is 964. The Kier molecular flexibility index (Phi) is 6.38. The Morgan fingerprint density at radius 2 is 1.86 bits per heavy atom. The Labute approximate surface area is 165 Å². The van der Waals surface area contributed by atoms with Crippen molar-refractivity contribution in [3.63, 3.8) is 0 Å². The third-order valence-corrected chi connectivity index (χ3v) is 4.74. The molecule has 3 rings (SSSR count). The van der Waals surface area contributed by atoms with E-state index in [4.69, 9.17) is 0 Å². The van der Waals surface area contributed by atoms with Crippen molar-refractivity contribution in [1.29, 1.82) is 0 Å². The van der Waals surface area contributed by atoms with E-state index in [1.165, 1.54) is 6.07 Å². The van der Waals surface area contributed by atoms with E-state index in [-0.39, 0.29) is 11.0 Å². The molecule has 0 unspecified atom stereocenters. The van der Waals surface area contributed by atoms with Gasteiger partial charge in [0.1, 0.15) is 5.82 Å². The zero-order valence-electron chi connectivity index (χ0n) is 15.0.